The third-order valence-electron chi connectivity index (χ3n) is 4.84. The molecule has 0 bridgehead atoms. The van der Waals surface area contributed by atoms with E-state index in [2.05, 4.69) is 29.4 Å². The Morgan fingerprint density at radius 2 is 1.93 bits per heavy atom. The SMILES string of the molecule is CCCN(CC(=O)Nc1c(C)cccc1CC)Cc1nnc(-c2ccccc2Cl)o1. The highest BCUT2D eigenvalue weighted by Gasteiger charge is 2.17. The second kappa shape index (κ2) is 10.4. The lowest BCUT2D eigenvalue weighted by Gasteiger charge is -2.20. The van der Waals surface area contributed by atoms with Crippen LogP contribution in [0, 0.1) is 6.92 Å². The van der Waals surface area contributed by atoms with Crippen LogP contribution < -0.4 is 5.32 Å². The molecule has 6 nitrogen and oxygen atoms in total. The average molecular weight is 427 g/mol. The minimum absolute atomic E-state index is 0.0571. The molecular weight excluding hydrogens is 400 g/mol. The van der Waals surface area contributed by atoms with Crippen molar-refractivity contribution in [2.45, 2.75) is 40.2 Å². The fourth-order valence-corrected chi connectivity index (χ4v) is 3.58. The van der Waals surface area contributed by atoms with Crippen LogP contribution in [0.1, 0.15) is 37.3 Å². The van der Waals surface area contributed by atoms with Gasteiger partial charge in [0, 0.05) is 5.69 Å². The maximum atomic E-state index is 12.7. The van der Waals surface area contributed by atoms with Crippen LogP contribution in [0.5, 0.6) is 0 Å². The van der Waals surface area contributed by atoms with Gasteiger partial charge in [-0.15, -0.1) is 10.2 Å². The van der Waals surface area contributed by atoms with Crippen LogP contribution in [-0.4, -0.2) is 34.1 Å². The highest BCUT2D eigenvalue weighted by Crippen LogP contribution is 2.26. The van der Waals surface area contributed by atoms with E-state index in [9.17, 15) is 4.79 Å². The number of hydrogen-bond donors (Lipinski definition) is 1. The molecule has 0 fully saturated rings. The van der Waals surface area contributed by atoms with Crippen LogP contribution in [-0.2, 0) is 17.8 Å². The van der Waals surface area contributed by atoms with E-state index in [-0.39, 0.29) is 12.5 Å². The standard InChI is InChI=1S/C23H27ClN4O2/c1-4-13-28(14-20(29)25-22-16(3)9-8-10-17(22)5-2)15-21-26-27-23(30-21)18-11-6-7-12-19(18)24/h6-12H,4-5,13-15H2,1-3H3,(H,25,29). The zero-order chi connectivity index (χ0) is 21.5. The Hall–Kier alpha value is -2.70. The summed E-state index contributed by atoms with van der Waals surface area (Å²) in [5, 5.41) is 11.9. The summed E-state index contributed by atoms with van der Waals surface area (Å²) in [4.78, 5) is 14.7. The van der Waals surface area contributed by atoms with Gasteiger partial charge in [-0.25, -0.2) is 0 Å². The summed E-state index contributed by atoms with van der Waals surface area (Å²) in [6, 6.07) is 13.4. The van der Waals surface area contributed by atoms with Gasteiger partial charge in [-0.2, -0.15) is 0 Å². The van der Waals surface area contributed by atoms with Crippen LogP contribution in [0.3, 0.4) is 0 Å². The predicted molar refractivity (Wildman–Crippen MR) is 119 cm³/mol. The smallest absolute Gasteiger partial charge is 0.249 e. The maximum absolute atomic E-state index is 12.7. The Morgan fingerprint density at radius 1 is 1.13 bits per heavy atom. The number of aromatic nitrogens is 2. The summed E-state index contributed by atoms with van der Waals surface area (Å²) in [6.45, 7) is 7.55. The van der Waals surface area contributed by atoms with E-state index in [0.29, 0.717) is 28.9 Å². The van der Waals surface area contributed by atoms with Crippen LogP contribution in [0.15, 0.2) is 46.9 Å². The average Bonchev–Trinajstić information content (AvgIpc) is 3.18. The lowest BCUT2D eigenvalue weighted by atomic mass is 10.1. The fourth-order valence-electron chi connectivity index (χ4n) is 3.37. The number of anilines is 1. The summed E-state index contributed by atoms with van der Waals surface area (Å²) in [6.07, 6.45) is 1.77. The van der Waals surface area contributed by atoms with Crippen molar-refractivity contribution in [3.8, 4) is 11.5 Å². The molecule has 3 aromatic rings. The lowest BCUT2D eigenvalue weighted by Crippen LogP contribution is -2.34. The van der Waals surface area contributed by atoms with Gasteiger partial charge in [0.15, 0.2) is 0 Å². The third-order valence-corrected chi connectivity index (χ3v) is 5.17. The first-order chi connectivity index (χ1) is 14.5. The number of nitrogens with zero attached hydrogens (tertiary/aromatic N) is 3. The van der Waals surface area contributed by atoms with Crippen molar-refractivity contribution in [1.82, 2.24) is 15.1 Å². The topological polar surface area (TPSA) is 71.3 Å². The van der Waals surface area contributed by atoms with Crippen LogP contribution in [0.4, 0.5) is 5.69 Å². The number of aryl methyl sites for hydroxylation is 2. The number of hydrogen-bond acceptors (Lipinski definition) is 5. The van der Waals surface area contributed by atoms with E-state index in [1.807, 2.05) is 48.2 Å². The highest BCUT2D eigenvalue weighted by atomic mass is 35.5. The predicted octanol–water partition coefficient (Wildman–Crippen LogP) is 5.11. The molecule has 1 heterocycles. The summed E-state index contributed by atoms with van der Waals surface area (Å²) in [5.74, 6) is 0.776. The normalized spacial score (nSPS) is 11.1. The molecule has 3 rings (SSSR count). The molecule has 1 amide bonds. The summed E-state index contributed by atoms with van der Waals surface area (Å²) < 4.78 is 5.80. The number of rotatable bonds is 9. The van der Waals surface area contributed by atoms with Gasteiger partial charge in [0.25, 0.3) is 0 Å². The van der Waals surface area contributed by atoms with Crippen molar-refractivity contribution < 1.29 is 9.21 Å². The molecule has 1 N–H and O–H groups in total. The van der Waals surface area contributed by atoms with Crippen LogP contribution in [0.2, 0.25) is 5.02 Å². The zero-order valence-electron chi connectivity index (χ0n) is 17.6. The lowest BCUT2D eigenvalue weighted by molar-refractivity contribution is -0.117. The number of carbonyl (C=O) groups excluding carboxylic acids is 1. The van der Waals surface area contributed by atoms with Crippen molar-refractivity contribution in [3.63, 3.8) is 0 Å². The maximum Gasteiger partial charge on any atom is 0.249 e. The molecule has 0 aliphatic heterocycles. The third kappa shape index (κ3) is 5.46. The van der Waals surface area contributed by atoms with Gasteiger partial charge in [-0.05, 0) is 49.6 Å². The molecular formula is C23H27ClN4O2. The number of amides is 1. The molecule has 0 aliphatic carbocycles. The molecule has 0 atom stereocenters. The van der Waals surface area contributed by atoms with Gasteiger partial charge in [0.05, 0.1) is 23.7 Å². The molecule has 2 aromatic carbocycles. The number of para-hydroxylation sites is 1. The number of nitrogens with one attached hydrogen (secondary N) is 1. The number of carbonyl (C=O) groups is 1. The number of benzene rings is 2. The van der Waals surface area contributed by atoms with Crippen molar-refractivity contribution >= 4 is 23.2 Å². The molecule has 0 aliphatic rings. The fraction of sp³-hybridized carbons (Fsp3) is 0.348. The summed E-state index contributed by atoms with van der Waals surface area (Å²) >= 11 is 6.22. The van der Waals surface area contributed by atoms with E-state index in [0.717, 1.165) is 36.2 Å². The molecule has 7 heteroatoms. The van der Waals surface area contributed by atoms with Crippen molar-refractivity contribution in [3.05, 3.63) is 64.5 Å². The van der Waals surface area contributed by atoms with Crippen molar-refractivity contribution in [2.24, 2.45) is 0 Å². The van der Waals surface area contributed by atoms with Crippen molar-refractivity contribution in [1.29, 1.82) is 0 Å². The molecule has 0 spiro atoms. The minimum atomic E-state index is -0.0571. The van der Waals surface area contributed by atoms with Gasteiger partial charge in [0.1, 0.15) is 0 Å². The first-order valence-corrected chi connectivity index (χ1v) is 10.6. The van der Waals surface area contributed by atoms with E-state index >= 15 is 0 Å². The molecule has 30 heavy (non-hydrogen) atoms. The summed E-state index contributed by atoms with van der Waals surface area (Å²) in [5.41, 5.74) is 3.79. The Bertz CT molecular complexity index is 1000. The summed E-state index contributed by atoms with van der Waals surface area (Å²) in [7, 11) is 0. The largest absolute Gasteiger partial charge is 0.419 e. The molecule has 1 aromatic heterocycles. The van der Waals surface area contributed by atoms with Gasteiger partial charge < -0.3 is 9.73 Å². The molecule has 158 valence electrons. The highest BCUT2D eigenvalue weighted by molar-refractivity contribution is 6.33. The zero-order valence-corrected chi connectivity index (χ0v) is 18.4. The second-order valence-corrected chi connectivity index (χ2v) is 7.61. The molecule has 0 saturated heterocycles. The Morgan fingerprint density at radius 3 is 2.67 bits per heavy atom. The van der Waals surface area contributed by atoms with E-state index in [4.69, 9.17) is 16.0 Å². The Kier molecular flexibility index (Phi) is 7.60. The molecule has 0 unspecified atom stereocenters. The van der Waals surface area contributed by atoms with Gasteiger partial charge in [0.2, 0.25) is 17.7 Å². The molecule has 0 saturated carbocycles. The van der Waals surface area contributed by atoms with Crippen LogP contribution in [0.25, 0.3) is 11.5 Å². The van der Waals surface area contributed by atoms with Crippen molar-refractivity contribution in [2.75, 3.05) is 18.4 Å². The first-order valence-electron chi connectivity index (χ1n) is 10.2. The monoisotopic (exact) mass is 426 g/mol. The minimum Gasteiger partial charge on any atom is -0.419 e. The first kappa shape index (κ1) is 22.0. The van der Waals surface area contributed by atoms with Crippen LogP contribution >= 0.6 is 11.6 Å². The van der Waals surface area contributed by atoms with Gasteiger partial charge in [-0.1, -0.05) is 55.8 Å². The Balaban J connectivity index is 1.68. The molecule has 0 radical (unpaired) electrons. The van der Waals surface area contributed by atoms with E-state index < -0.39 is 0 Å². The Labute approximate surface area is 182 Å². The quantitative estimate of drug-likeness (QED) is 0.514. The van der Waals surface area contributed by atoms with Gasteiger partial charge >= 0.3 is 0 Å². The van der Waals surface area contributed by atoms with Gasteiger partial charge in [-0.3, -0.25) is 9.69 Å². The second-order valence-electron chi connectivity index (χ2n) is 7.20. The number of halogens is 1. The van der Waals surface area contributed by atoms with E-state index in [1.54, 1.807) is 6.07 Å². The van der Waals surface area contributed by atoms with E-state index in [1.165, 1.54) is 0 Å².